The lowest BCUT2D eigenvalue weighted by molar-refractivity contribution is 0.00578. The highest BCUT2D eigenvalue weighted by atomic mass is 16.7. The van der Waals surface area contributed by atoms with Gasteiger partial charge in [-0.1, -0.05) is 18.2 Å². The van der Waals surface area contributed by atoms with Crippen LogP contribution in [0.15, 0.2) is 18.2 Å². The van der Waals surface area contributed by atoms with Gasteiger partial charge < -0.3 is 9.31 Å². The van der Waals surface area contributed by atoms with Gasteiger partial charge in [0.05, 0.1) is 23.7 Å². The van der Waals surface area contributed by atoms with E-state index in [2.05, 4.69) is 6.07 Å². The minimum Gasteiger partial charge on any atom is -0.399 e. The van der Waals surface area contributed by atoms with Crippen LogP contribution in [0.5, 0.6) is 0 Å². The molecule has 1 aliphatic rings. The molecule has 0 atom stereocenters. The zero-order valence-electron chi connectivity index (χ0n) is 12.3. The second-order valence-electron chi connectivity index (χ2n) is 6.07. The van der Waals surface area contributed by atoms with Gasteiger partial charge in [-0.15, -0.1) is 0 Å². The standard InChI is InChI=1S/C15H20BNO2/c1-11-7-6-8-13(12(11)9-10-17)16-18-14(2,3)15(4,5)19-16/h6-8H,9H2,1-5H3. The Bertz CT molecular complexity index is 515. The molecule has 0 saturated carbocycles. The summed E-state index contributed by atoms with van der Waals surface area (Å²) in [5.41, 5.74) is 2.38. The normalized spacial score (nSPS) is 20.3. The summed E-state index contributed by atoms with van der Waals surface area (Å²) in [6, 6.07) is 8.20. The van der Waals surface area contributed by atoms with Gasteiger partial charge in [0.25, 0.3) is 0 Å². The van der Waals surface area contributed by atoms with Gasteiger partial charge >= 0.3 is 7.12 Å². The number of nitrogens with zero attached hydrogens (tertiary/aromatic N) is 1. The molecule has 0 aromatic heterocycles. The van der Waals surface area contributed by atoms with Crippen molar-refractivity contribution in [3.8, 4) is 6.07 Å². The van der Waals surface area contributed by atoms with E-state index in [1.54, 1.807) is 0 Å². The van der Waals surface area contributed by atoms with Crippen LogP contribution in [0.1, 0.15) is 38.8 Å². The van der Waals surface area contributed by atoms with E-state index in [1.807, 2.05) is 52.8 Å². The molecule has 1 saturated heterocycles. The minimum atomic E-state index is -0.395. The van der Waals surface area contributed by atoms with Crippen LogP contribution in [0.2, 0.25) is 0 Å². The molecule has 0 unspecified atom stereocenters. The minimum absolute atomic E-state index is 0.356. The monoisotopic (exact) mass is 257 g/mol. The maximum atomic E-state index is 8.99. The maximum absolute atomic E-state index is 8.99. The number of aryl methyl sites for hydroxylation is 1. The maximum Gasteiger partial charge on any atom is 0.495 e. The van der Waals surface area contributed by atoms with Crippen molar-refractivity contribution in [2.24, 2.45) is 0 Å². The van der Waals surface area contributed by atoms with Gasteiger partial charge in [-0.05, 0) is 51.2 Å². The quantitative estimate of drug-likeness (QED) is 0.764. The van der Waals surface area contributed by atoms with E-state index < -0.39 is 7.12 Å². The van der Waals surface area contributed by atoms with E-state index in [-0.39, 0.29) is 11.2 Å². The van der Waals surface area contributed by atoms with Gasteiger partial charge in [0.15, 0.2) is 0 Å². The van der Waals surface area contributed by atoms with Crippen LogP contribution in [0.4, 0.5) is 0 Å². The van der Waals surface area contributed by atoms with Crippen LogP contribution in [0, 0.1) is 18.3 Å². The fourth-order valence-corrected chi connectivity index (χ4v) is 2.24. The van der Waals surface area contributed by atoms with Crippen molar-refractivity contribution in [2.75, 3.05) is 0 Å². The molecule has 1 fully saturated rings. The molecule has 0 amide bonds. The van der Waals surface area contributed by atoms with E-state index >= 15 is 0 Å². The van der Waals surface area contributed by atoms with E-state index in [1.165, 1.54) is 0 Å². The molecule has 1 heterocycles. The highest BCUT2D eigenvalue weighted by Gasteiger charge is 2.52. The molecule has 100 valence electrons. The Hall–Kier alpha value is -1.31. The van der Waals surface area contributed by atoms with Crippen LogP contribution >= 0.6 is 0 Å². The third-order valence-corrected chi connectivity index (χ3v) is 4.21. The summed E-state index contributed by atoms with van der Waals surface area (Å²) < 4.78 is 12.1. The zero-order chi connectivity index (χ0) is 14.3. The van der Waals surface area contributed by atoms with Gasteiger partial charge in [0, 0.05) is 0 Å². The molecule has 0 aliphatic carbocycles. The molecule has 0 N–H and O–H groups in total. The second-order valence-corrected chi connectivity index (χ2v) is 6.07. The van der Waals surface area contributed by atoms with Crippen LogP contribution in [-0.4, -0.2) is 18.3 Å². The molecule has 4 heteroatoms. The zero-order valence-corrected chi connectivity index (χ0v) is 12.3. The molecular weight excluding hydrogens is 237 g/mol. The van der Waals surface area contributed by atoms with Crippen LogP contribution in [0.25, 0.3) is 0 Å². The van der Waals surface area contributed by atoms with Crippen molar-refractivity contribution >= 4 is 12.6 Å². The van der Waals surface area contributed by atoms with Crippen molar-refractivity contribution in [1.82, 2.24) is 0 Å². The summed E-state index contributed by atoms with van der Waals surface area (Å²) in [5.74, 6) is 0. The molecule has 1 aromatic rings. The predicted molar refractivity (Wildman–Crippen MR) is 76.2 cm³/mol. The van der Waals surface area contributed by atoms with Crippen molar-refractivity contribution in [1.29, 1.82) is 5.26 Å². The summed E-state index contributed by atoms with van der Waals surface area (Å²) in [7, 11) is -0.395. The number of rotatable bonds is 2. The lowest BCUT2D eigenvalue weighted by Gasteiger charge is -2.32. The Morgan fingerprint density at radius 3 is 2.26 bits per heavy atom. The van der Waals surface area contributed by atoms with E-state index in [0.29, 0.717) is 6.42 Å². The van der Waals surface area contributed by atoms with Crippen LogP contribution in [0.3, 0.4) is 0 Å². The van der Waals surface area contributed by atoms with E-state index in [9.17, 15) is 0 Å². The summed E-state index contributed by atoms with van der Waals surface area (Å²) in [5, 5.41) is 8.99. The summed E-state index contributed by atoms with van der Waals surface area (Å²) in [6.07, 6.45) is 0.381. The smallest absolute Gasteiger partial charge is 0.399 e. The summed E-state index contributed by atoms with van der Waals surface area (Å²) in [6.45, 7) is 10.2. The van der Waals surface area contributed by atoms with Crippen LogP contribution < -0.4 is 5.46 Å². The Morgan fingerprint density at radius 1 is 1.16 bits per heavy atom. The van der Waals surface area contributed by atoms with E-state index in [4.69, 9.17) is 14.6 Å². The third kappa shape index (κ3) is 2.41. The SMILES string of the molecule is Cc1cccc(B2OC(C)(C)C(C)(C)O2)c1CC#N. The summed E-state index contributed by atoms with van der Waals surface area (Å²) >= 11 is 0. The molecular formula is C15H20BNO2. The first-order chi connectivity index (χ1) is 8.78. The average Bonchev–Trinajstić information content (AvgIpc) is 2.51. The first-order valence-corrected chi connectivity index (χ1v) is 6.59. The van der Waals surface area contributed by atoms with Gasteiger partial charge in [-0.2, -0.15) is 5.26 Å². The fraction of sp³-hybridized carbons (Fsp3) is 0.533. The second kappa shape index (κ2) is 4.66. The molecule has 1 aliphatic heterocycles. The lowest BCUT2D eigenvalue weighted by Crippen LogP contribution is -2.41. The molecule has 0 spiro atoms. The van der Waals surface area contributed by atoms with Gasteiger partial charge in [0.1, 0.15) is 0 Å². The first kappa shape index (κ1) is 14.1. The van der Waals surface area contributed by atoms with E-state index in [0.717, 1.165) is 16.6 Å². The number of nitriles is 1. The average molecular weight is 257 g/mol. The number of hydrogen-bond donors (Lipinski definition) is 0. The largest absolute Gasteiger partial charge is 0.495 e. The van der Waals surface area contributed by atoms with Crippen molar-refractivity contribution < 1.29 is 9.31 Å². The third-order valence-electron chi connectivity index (χ3n) is 4.21. The first-order valence-electron chi connectivity index (χ1n) is 6.59. The Kier molecular flexibility index (Phi) is 3.46. The highest BCUT2D eigenvalue weighted by molar-refractivity contribution is 6.62. The molecule has 1 aromatic carbocycles. The molecule has 0 radical (unpaired) electrons. The van der Waals surface area contributed by atoms with Crippen molar-refractivity contribution in [2.45, 2.75) is 52.2 Å². The van der Waals surface area contributed by atoms with Gasteiger partial charge in [-0.25, -0.2) is 0 Å². The van der Waals surface area contributed by atoms with Gasteiger partial charge in [0.2, 0.25) is 0 Å². The van der Waals surface area contributed by atoms with Crippen molar-refractivity contribution in [3.05, 3.63) is 29.3 Å². The lowest BCUT2D eigenvalue weighted by atomic mass is 9.74. The van der Waals surface area contributed by atoms with Gasteiger partial charge in [-0.3, -0.25) is 0 Å². The highest BCUT2D eigenvalue weighted by Crippen LogP contribution is 2.36. The Morgan fingerprint density at radius 2 is 1.74 bits per heavy atom. The topological polar surface area (TPSA) is 42.2 Å². The fourth-order valence-electron chi connectivity index (χ4n) is 2.24. The number of hydrogen-bond acceptors (Lipinski definition) is 3. The predicted octanol–water partition coefficient (Wildman–Crippen LogP) is 2.36. The molecule has 0 bridgehead atoms. The Balaban J connectivity index is 2.40. The van der Waals surface area contributed by atoms with Crippen LogP contribution in [-0.2, 0) is 15.7 Å². The molecule has 19 heavy (non-hydrogen) atoms. The Labute approximate surface area is 115 Å². The summed E-state index contributed by atoms with van der Waals surface area (Å²) in [4.78, 5) is 0. The number of benzene rings is 1. The van der Waals surface area contributed by atoms with Crippen molar-refractivity contribution in [3.63, 3.8) is 0 Å². The molecule has 3 nitrogen and oxygen atoms in total. The molecule has 2 rings (SSSR count).